The number of carbonyl (C=O) groups is 2. The van der Waals surface area contributed by atoms with E-state index in [1.165, 1.54) is 0 Å². The molecule has 1 aromatic carbocycles. The Bertz CT molecular complexity index is 396. The van der Waals surface area contributed by atoms with Crippen molar-refractivity contribution in [3.63, 3.8) is 0 Å². The zero-order valence-corrected chi connectivity index (χ0v) is 7.26. The second-order valence-corrected chi connectivity index (χ2v) is 3.15. The standard InChI is InChI=1S/C10H9NO2/c1-6-3-2-4-7-10(6)8(12)5-9(13)11-7/h2-4H,5H2,1H3,(H,11,13). The van der Waals surface area contributed by atoms with Gasteiger partial charge in [0.25, 0.3) is 0 Å². The Morgan fingerprint density at radius 1 is 1.31 bits per heavy atom. The summed E-state index contributed by atoms with van der Waals surface area (Å²) < 4.78 is 0. The molecule has 2 rings (SSSR count). The molecule has 3 heteroatoms. The lowest BCUT2D eigenvalue weighted by Gasteiger charge is -2.16. The highest BCUT2D eigenvalue weighted by atomic mass is 16.2. The molecule has 0 saturated carbocycles. The van der Waals surface area contributed by atoms with E-state index in [0.717, 1.165) is 5.56 Å². The molecule has 0 saturated heterocycles. The molecule has 1 amide bonds. The van der Waals surface area contributed by atoms with Gasteiger partial charge in [-0.25, -0.2) is 0 Å². The van der Waals surface area contributed by atoms with Crippen LogP contribution in [0.1, 0.15) is 22.3 Å². The van der Waals surface area contributed by atoms with Crippen LogP contribution in [0.15, 0.2) is 18.2 Å². The van der Waals surface area contributed by atoms with Gasteiger partial charge in [0.2, 0.25) is 5.91 Å². The Kier molecular flexibility index (Phi) is 1.65. The van der Waals surface area contributed by atoms with Gasteiger partial charge in [-0.15, -0.1) is 0 Å². The van der Waals surface area contributed by atoms with Crippen molar-refractivity contribution in [3.05, 3.63) is 29.3 Å². The fraction of sp³-hybridized carbons (Fsp3) is 0.200. The summed E-state index contributed by atoms with van der Waals surface area (Å²) in [4.78, 5) is 22.5. The summed E-state index contributed by atoms with van der Waals surface area (Å²) in [6, 6.07) is 5.44. The molecule has 0 radical (unpaired) electrons. The van der Waals surface area contributed by atoms with Crippen LogP contribution in [-0.4, -0.2) is 11.7 Å². The quantitative estimate of drug-likeness (QED) is 0.607. The number of carbonyl (C=O) groups excluding carboxylic acids is 2. The summed E-state index contributed by atoms with van der Waals surface area (Å²) in [7, 11) is 0. The number of hydrogen-bond acceptors (Lipinski definition) is 2. The summed E-state index contributed by atoms with van der Waals surface area (Å²) in [5.74, 6) is -0.306. The molecule has 1 aliphatic heterocycles. The lowest BCUT2D eigenvalue weighted by molar-refractivity contribution is -0.115. The van der Waals surface area contributed by atoms with Crippen LogP contribution in [0.25, 0.3) is 0 Å². The molecule has 0 aliphatic carbocycles. The topological polar surface area (TPSA) is 46.2 Å². The Balaban J connectivity index is 2.61. The average molecular weight is 175 g/mol. The number of benzene rings is 1. The van der Waals surface area contributed by atoms with Crippen LogP contribution in [0.5, 0.6) is 0 Å². The molecule has 0 spiro atoms. The summed E-state index contributed by atoms with van der Waals surface area (Å²) in [5, 5.41) is 2.67. The van der Waals surface area contributed by atoms with E-state index in [-0.39, 0.29) is 18.1 Å². The number of Topliss-reactive ketones (excluding diaryl/α,β-unsaturated/α-hetero) is 1. The number of amides is 1. The van der Waals surface area contributed by atoms with E-state index in [9.17, 15) is 9.59 Å². The second kappa shape index (κ2) is 2.69. The molecule has 0 unspecified atom stereocenters. The molecule has 66 valence electrons. The first kappa shape index (κ1) is 7.98. The SMILES string of the molecule is Cc1cccc2c1C(=O)CC(=O)N2. The normalized spacial score (nSPS) is 15.2. The highest BCUT2D eigenvalue weighted by Crippen LogP contribution is 2.24. The van der Waals surface area contributed by atoms with Gasteiger partial charge in [-0.1, -0.05) is 12.1 Å². The maximum Gasteiger partial charge on any atom is 0.232 e. The molecular formula is C10H9NO2. The number of ketones is 1. The van der Waals surface area contributed by atoms with Gasteiger partial charge in [0.15, 0.2) is 5.78 Å². The largest absolute Gasteiger partial charge is 0.325 e. The Hall–Kier alpha value is -1.64. The van der Waals surface area contributed by atoms with Crippen LogP contribution in [-0.2, 0) is 4.79 Å². The Morgan fingerprint density at radius 3 is 2.85 bits per heavy atom. The smallest absolute Gasteiger partial charge is 0.232 e. The minimum absolute atomic E-state index is 0.0299. The molecule has 3 nitrogen and oxygen atoms in total. The number of nitrogens with one attached hydrogen (secondary N) is 1. The number of aryl methyl sites for hydroxylation is 1. The third kappa shape index (κ3) is 1.22. The lowest BCUT2D eigenvalue weighted by Crippen LogP contribution is -2.24. The summed E-state index contributed by atoms with van der Waals surface area (Å²) in [6.07, 6.45) is -0.0299. The molecule has 1 aliphatic rings. The maximum atomic E-state index is 11.5. The minimum Gasteiger partial charge on any atom is -0.325 e. The zero-order valence-electron chi connectivity index (χ0n) is 7.26. The minimum atomic E-state index is -0.219. The Morgan fingerprint density at radius 2 is 2.08 bits per heavy atom. The van der Waals surface area contributed by atoms with Crippen LogP contribution in [0.4, 0.5) is 5.69 Å². The molecule has 0 fully saturated rings. The highest BCUT2D eigenvalue weighted by molar-refractivity contribution is 6.19. The maximum absolute atomic E-state index is 11.5. The number of rotatable bonds is 0. The molecule has 1 aromatic rings. The van der Waals surface area contributed by atoms with Crippen molar-refractivity contribution in [1.82, 2.24) is 0 Å². The van der Waals surface area contributed by atoms with E-state index in [1.807, 2.05) is 19.1 Å². The fourth-order valence-electron chi connectivity index (χ4n) is 1.57. The summed E-state index contributed by atoms with van der Waals surface area (Å²) in [5.41, 5.74) is 2.21. The number of hydrogen-bond donors (Lipinski definition) is 1. The monoisotopic (exact) mass is 175 g/mol. The first-order chi connectivity index (χ1) is 6.18. The van der Waals surface area contributed by atoms with Gasteiger partial charge in [0.05, 0.1) is 12.1 Å². The molecular weight excluding hydrogens is 166 g/mol. The number of fused-ring (bicyclic) bond motifs is 1. The van der Waals surface area contributed by atoms with Crippen molar-refractivity contribution in [2.45, 2.75) is 13.3 Å². The highest BCUT2D eigenvalue weighted by Gasteiger charge is 2.23. The van der Waals surface area contributed by atoms with E-state index in [0.29, 0.717) is 11.3 Å². The first-order valence-electron chi connectivity index (χ1n) is 4.11. The van der Waals surface area contributed by atoms with E-state index >= 15 is 0 Å². The fourth-order valence-corrected chi connectivity index (χ4v) is 1.57. The predicted octanol–water partition coefficient (Wildman–Crippen LogP) is 1.52. The van der Waals surface area contributed by atoms with Gasteiger partial charge in [-0.05, 0) is 18.6 Å². The van der Waals surface area contributed by atoms with Crippen LogP contribution >= 0.6 is 0 Å². The average Bonchev–Trinajstić information content (AvgIpc) is 2.02. The van der Waals surface area contributed by atoms with Crippen molar-refractivity contribution in [1.29, 1.82) is 0 Å². The van der Waals surface area contributed by atoms with Crippen molar-refractivity contribution >= 4 is 17.4 Å². The third-order valence-electron chi connectivity index (χ3n) is 2.15. The molecule has 1 N–H and O–H groups in total. The van der Waals surface area contributed by atoms with Crippen LogP contribution in [0, 0.1) is 6.92 Å². The van der Waals surface area contributed by atoms with E-state index in [1.54, 1.807) is 6.07 Å². The summed E-state index contributed by atoms with van der Waals surface area (Å²) in [6.45, 7) is 1.87. The molecule has 0 bridgehead atoms. The van der Waals surface area contributed by atoms with Gasteiger partial charge in [-0.2, -0.15) is 0 Å². The van der Waals surface area contributed by atoms with E-state index in [2.05, 4.69) is 5.32 Å². The molecule has 0 atom stereocenters. The lowest BCUT2D eigenvalue weighted by atomic mass is 9.97. The van der Waals surface area contributed by atoms with Crippen molar-refractivity contribution in [2.75, 3.05) is 5.32 Å². The van der Waals surface area contributed by atoms with Crippen LogP contribution in [0.2, 0.25) is 0 Å². The number of anilines is 1. The van der Waals surface area contributed by atoms with Gasteiger partial charge in [0, 0.05) is 5.56 Å². The van der Waals surface area contributed by atoms with Gasteiger partial charge >= 0.3 is 0 Å². The predicted molar refractivity (Wildman–Crippen MR) is 48.8 cm³/mol. The van der Waals surface area contributed by atoms with Crippen molar-refractivity contribution in [3.8, 4) is 0 Å². The van der Waals surface area contributed by atoms with Gasteiger partial charge < -0.3 is 5.32 Å². The third-order valence-corrected chi connectivity index (χ3v) is 2.15. The van der Waals surface area contributed by atoms with Crippen LogP contribution < -0.4 is 5.32 Å². The van der Waals surface area contributed by atoms with E-state index < -0.39 is 0 Å². The molecule has 1 heterocycles. The van der Waals surface area contributed by atoms with E-state index in [4.69, 9.17) is 0 Å². The molecule has 0 aromatic heterocycles. The first-order valence-corrected chi connectivity index (χ1v) is 4.11. The molecule has 13 heavy (non-hydrogen) atoms. The Labute approximate surface area is 75.8 Å². The van der Waals surface area contributed by atoms with Crippen LogP contribution in [0.3, 0.4) is 0 Å². The van der Waals surface area contributed by atoms with Crippen molar-refractivity contribution in [2.24, 2.45) is 0 Å². The van der Waals surface area contributed by atoms with Gasteiger partial charge in [-0.3, -0.25) is 9.59 Å². The van der Waals surface area contributed by atoms with Gasteiger partial charge in [0.1, 0.15) is 0 Å². The zero-order chi connectivity index (χ0) is 9.42. The second-order valence-electron chi connectivity index (χ2n) is 3.15. The van der Waals surface area contributed by atoms with Crippen molar-refractivity contribution < 1.29 is 9.59 Å². The summed E-state index contributed by atoms with van der Waals surface area (Å²) >= 11 is 0.